The van der Waals surface area contributed by atoms with E-state index in [1.807, 2.05) is 31.2 Å². The van der Waals surface area contributed by atoms with Gasteiger partial charge in [-0.1, -0.05) is 18.2 Å². The summed E-state index contributed by atoms with van der Waals surface area (Å²) in [6.07, 6.45) is 1.06. The normalized spacial score (nSPS) is 17.4. The molecule has 0 radical (unpaired) electrons. The third-order valence-corrected chi connectivity index (χ3v) is 7.53. The Hall–Kier alpha value is -2.80. The van der Waals surface area contributed by atoms with Gasteiger partial charge in [0.1, 0.15) is 5.82 Å². The van der Waals surface area contributed by atoms with Crippen LogP contribution in [0.3, 0.4) is 0 Å². The van der Waals surface area contributed by atoms with Gasteiger partial charge in [0, 0.05) is 24.2 Å². The van der Waals surface area contributed by atoms with Crippen molar-refractivity contribution < 1.29 is 17.6 Å². The van der Waals surface area contributed by atoms with E-state index < -0.39 is 20.9 Å². The number of nitrogens with zero attached hydrogens (tertiary/aromatic N) is 2. The first-order valence-electron chi connectivity index (χ1n) is 9.51. The molecule has 0 N–H and O–H groups in total. The Kier molecular flexibility index (Phi) is 5.08. The molecule has 1 aromatic heterocycles. The van der Waals surface area contributed by atoms with Crippen molar-refractivity contribution in [3.63, 3.8) is 0 Å². The fraction of sp³-hybridized carbons (Fsp3) is 0.273. The number of carbonyl (C=O) groups is 1. The Balaban J connectivity index is 1.63. The van der Waals surface area contributed by atoms with Gasteiger partial charge in [0.2, 0.25) is 0 Å². The van der Waals surface area contributed by atoms with Gasteiger partial charge in [-0.3, -0.25) is 9.78 Å². The molecule has 0 unspecified atom stereocenters. The Bertz CT molecular complexity index is 1180. The molecule has 1 saturated heterocycles. The van der Waals surface area contributed by atoms with Crippen molar-refractivity contribution >= 4 is 26.6 Å². The summed E-state index contributed by atoms with van der Waals surface area (Å²) in [7, 11) is -3.65. The zero-order chi connectivity index (χ0) is 20.6. The first-order valence-corrected chi connectivity index (χ1v) is 11.1. The van der Waals surface area contributed by atoms with E-state index in [0.29, 0.717) is 30.5 Å². The number of piperidine rings is 1. The van der Waals surface area contributed by atoms with Crippen LogP contribution in [-0.2, 0) is 9.84 Å². The molecule has 150 valence electrons. The van der Waals surface area contributed by atoms with E-state index in [9.17, 15) is 17.6 Å². The third kappa shape index (κ3) is 3.74. The van der Waals surface area contributed by atoms with Gasteiger partial charge in [0.15, 0.2) is 9.84 Å². The highest BCUT2D eigenvalue weighted by atomic mass is 32.2. The molecule has 4 rings (SSSR count). The number of halogens is 1. The summed E-state index contributed by atoms with van der Waals surface area (Å²) in [6, 6.07) is 14.1. The van der Waals surface area contributed by atoms with Crippen molar-refractivity contribution in [1.82, 2.24) is 9.88 Å². The van der Waals surface area contributed by atoms with Crippen molar-refractivity contribution in [2.75, 3.05) is 13.1 Å². The lowest BCUT2D eigenvalue weighted by atomic mass is 10.1. The van der Waals surface area contributed by atoms with E-state index in [1.54, 1.807) is 11.0 Å². The maximum Gasteiger partial charge on any atom is 0.256 e. The number of fused-ring (bicyclic) bond motifs is 1. The molecule has 7 heteroatoms. The number of aromatic nitrogens is 1. The fourth-order valence-electron chi connectivity index (χ4n) is 3.78. The summed E-state index contributed by atoms with van der Waals surface area (Å²) >= 11 is 0. The Labute approximate surface area is 169 Å². The number of rotatable bonds is 3. The lowest BCUT2D eigenvalue weighted by Gasteiger charge is -2.32. The predicted octanol–water partition coefficient (Wildman–Crippen LogP) is 3.76. The predicted molar refractivity (Wildman–Crippen MR) is 109 cm³/mol. The molecule has 1 fully saturated rings. The van der Waals surface area contributed by atoms with E-state index in [4.69, 9.17) is 0 Å². The van der Waals surface area contributed by atoms with E-state index in [2.05, 4.69) is 4.98 Å². The molecule has 5 nitrogen and oxygen atoms in total. The highest BCUT2D eigenvalue weighted by molar-refractivity contribution is 7.92. The molecule has 1 atom stereocenters. The number of aryl methyl sites for hydroxylation is 1. The van der Waals surface area contributed by atoms with Crippen LogP contribution in [0.5, 0.6) is 0 Å². The SMILES string of the molecule is Cc1ccc2cccc(C(=O)N3CCC[C@@H](S(=O)(=O)c4ccc(F)cc4)C3)c2n1. The van der Waals surface area contributed by atoms with Crippen LogP contribution >= 0.6 is 0 Å². The number of para-hydroxylation sites is 1. The number of hydrogen-bond donors (Lipinski definition) is 0. The quantitative estimate of drug-likeness (QED) is 0.615. The highest BCUT2D eigenvalue weighted by Crippen LogP contribution is 2.26. The zero-order valence-corrected chi connectivity index (χ0v) is 16.8. The van der Waals surface area contributed by atoms with E-state index in [1.165, 1.54) is 12.1 Å². The van der Waals surface area contributed by atoms with Crippen LogP contribution in [0.15, 0.2) is 59.5 Å². The summed E-state index contributed by atoms with van der Waals surface area (Å²) in [4.78, 5) is 19.4. The van der Waals surface area contributed by atoms with Crippen molar-refractivity contribution in [2.24, 2.45) is 0 Å². The molecule has 0 aliphatic carbocycles. The first-order chi connectivity index (χ1) is 13.9. The molecular formula is C22H21FN2O3S. The second kappa shape index (κ2) is 7.55. The summed E-state index contributed by atoms with van der Waals surface area (Å²) in [5, 5.41) is 0.157. The minimum absolute atomic E-state index is 0.0839. The van der Waals surface area contributed by atoms with Gasteiger partial charge in [0.25, 0.3) is 5.91 Å². The number of likely N-dealkylation sites (tertiary alicyclic amines) is 1. The molecule has 1 aliphatic heterocycles. The molecule has 2 aromatic carbocycles. The number of amides is 1. The zero-order valence-electron chi connectivity index (χ0n) is 16.0. The Morgan fingerprint density at radius 2 is 1.86 bits per heavy atom. The van der Waals surface area contributed by atoms with Gasteiger partial charge in [0.05, 0.1) is 21.2 Å². The van der Waals surface area contributed by atoms with Crippen LogP contribution < -0.4 is 0 Å². The number of carbonyl (C=O) groups excluding carboxylic acids is 1. The van der Waals surface area contributed by atoms with Crippen molar-refractivity contribution in [3.05, 3.63) is 71.7 Å². The van der Waals surface area contributed by atoms with Gasteiger partial charge >= 0.3 is 0 Å². The van der Waals surface area contributed by atoms with E-state index in [-0.39, 0.29) is 17.3 Å². The van der Waals surface area contributed by atoms with Crippen LogP contribution in [0, 0.1) is 12.7 Å². The van der Waals surface area contributed by atoms with E-state index in [0.717, 1.165) is 23.2 Å². The lowest BCUT2D eigenvalue weighted by molar-refractivity contribution is 0.0728. The standard InChI is InChI=1S/C22H21FN2O3S/c1-15-7-8-16-4-2-6-20(21(16)24-15)22(26)25-13-3-5-19(14-25)29(27,28)18-11-9-17(23)10-12-18/h2,4,6-12,19H,3,5,13-14H2,1H3/t19-/m1/s1. The molecule has 2 heterocycles. The molecule has 1 amide bonds. The summed E-state index contributed by atoms with van der Waals surface area (Å²) in [6.45, 7) is 2.48. The number of hydrogen-bond acceptors (Lipinski definition) is 4. The van der Waals surface area contributed by atoms with Crippen molar-refractivity contribution in [3.8, 4) is 0 Å². The maximum atomic E-state index is 13.2. The van der Waals surface area contributed by atoms with Crippen LogP contribution in [0.1, 0.15) is 28.9 Å². The van der Waals surface area contributed by atoms with Gasteiger partial charge in [-0.15, -0.1) is 0 Å². The smallest absolute Gasteiger partial charge is 0.256 e. The molecule has 1 aliphatic rings. The number of benzene rings is 2. The maximum absolute atomic E-state index is 13.2. The lowest BCUT2D eigenvalue weighted by Crippen LogP contribution is -2.45. The first kappa shape index (κ1) is 19.5. The summed E-state index contributed by atoms with van der Waals surface area (Å²) in [5.74, 6) is -0.698. The van der Waals surface area contributed by atoms with Crippen LogP contribution in [0.2, 0.25) is 0 Å². The van der Waals surface area contributed by atoms with Crippen LogP contribution in [-0.4, -0.2) is 42.5 Å². The summed E-state index contributed by atoms with van der Waals surface area (Å²) in [5.41, 5.74) is 1.92. The molecule has 3 aromatic rings. The fourth-order valence-corrected chi connectivity index (χ4v) is 5.53. The average Bonchev–Trinajstić information content (AvgIpc) is 2.73. The average molecular weight is 412 g/mol. The second-order valence-electron chi connectivity index (χ2n) is 7.34. The second-order valence-corrected chi connectivity index (χ2v) is 9.57. The Morgan fingerprint density at radius 1 is 1.10 bits per heavy atom. The molecule has 0 saturated carbocycles. The molecule has 29 heavy (non-hydrogen) atoms. The number of pyridine rings is 1. The van der Waals surface area contributed by atoms with E-state index >= 15 is 0 Å². The van der Waals surface area contributed by atoms with Crippen molar-refractivity contribution in [1.29, 1.82) is 0 Å². The van der Waals surface area contributed by atoms with Crippen molar-refractivity contribution in [2.45, 2.75) is 29.9 Å². The highest BCUT2D eigenvalue weighted by Gasteiger charge is 2.34. The minimum Gasteiger partial charge on any atom is -0.337 e. The topological polar surface area (TPSA) is 67.3 Å². The minimum atomic E-state index is -3.65. The molecule has 0 spiro atoms. The monoisotopic (exact) mass is 412 g/mol. The Morgan fingerprint density at radius 3 is 2.62 bits per heavy atom. The van der Waals surface area contributed by atoms with Crippen LogP contribution in [0.25, 0.3) is 10.9 Å². The van der Waals surface area contributed by atoms with Crippen LogP contribution in [0.4, 0.5) is 4.39 Å². The van der Waals surface area contributed by atoms with Gasteiger partial charge < -0.3 is 4.90 Å². The molecule has 0 bridgehead atoms. The van der Waals surface area contributed by atoms with Gasteiger partial charge in [-0.25, -0.2) is 12.8 Å². The molecular weight excluding hydrogens is 391 g/mol. The van der Waals surface area contributed by atoms with Gasteiger partial charge in [-0.05, 0) is 56.2 Å². The largest absolute Gasteiger partial charge is 0.337 e. The third-order valence-electron chi connectivity index (χ3n) is 5.34. The number of sulfone groups is 1. The van der Waals surface area contributed by atoms with Gasteiger partial charge in [-0.2, -0.15) is 0 Å². The summed E-state index contributed by atoms with van der Waals surface area (Å²) < 4.78 is 39.2.